The second-order valence-electron chi connectivity index (χ2n) is 4.66. The maximum absolute atomic E-state index is 11.6. The molecule has 1 aromatic rings. The second-order valence-corrected chi connectivity index (χ2v) is 4.66. The van der Waals surface area contributed by atoms with Gasteiger partial charge in [0.25, 0.3) is 0 Å². The fourth-order valence-corrected chi connectivity index (χ4v) is 1.78. The summed E-state index contributed by atoms with van der Waals surface area (Å²) >= 11 is 0. The van der Waals surface area contributed by atoms with Crippen molar-refractivity contribution in [2.45, 2.75) is 52.4 Å². The molecule has 1 aromatic carbocycles. The summed E-state index contributed by atoms with van der Waals surface area (Å²) in [6.45, 7) is 4.74. The van der Waals surface area contributed by atoms with E-state index in [0.717, 1.165) is 19.3 Å². The minimum atomic E-state index is -0.420. The minimum Gasteiger partial charge on any atom is -0.293 e. The second kappa shape index (κ2) is 9.56. The molecule has 0 atom stereocenters. The third-order valence-corrected chi connectivity index (χ3v) is 3.06. The van der Waals surface area contributed by atoms with Gasteiger partial charge in [-0.1, -0.05) is 51.7 Å². The Hall–Kier alpha value is -1.35. The molecule has 0 aliphatic rings. The topological polar surface area (TPSA) is 35.5 Å². The molecule has 19 heavy (non-hydrogen) atoms. The van der Waals surface area contributed by atoms with Gasteiger partial charge in [-0.25, -0.2) is 4.79 Å². The van der Waals surface area contributed by atoms with Crippen molar-refractivity contribution in [3.63, 3.8) is 0 Å². The number of benzene rings is 1. The zero-order valence-electron chi connectivity index (χ0n) is 12.0. The number of hydrogen-bond acceptors (Lipinski definition) is 3. The molecule has 0 saturated carbocycles. The summed E-state index contributed by atoms with van der Waals surface area (Å²) in [6, 6.07) is 7.40. The monoisotopic (exact) mass is 264 g/mol. The van der Waals surface area contributed by atoms with Gasteiger partial charge in [-0.2, -0.15) is 4.89 Å². The predicted molar refractivity (Wildman–Crippen MR) is 75.9 cm³/mol. The lowest BCUT2D eigenvalue weighted by atomic mass is 10.1. The quantitative estimate of drug-likeness (QED) is 0.379. The van der Waals surface area contributed by atoms with Crippen molar-refractivity contribution in [3.8, 4) is 0 Å². The van der Waals surface area contributed by atoms with Crippen LogP contribution >= 0.6 is 0 Å². The van der Waals surface area contributed by atoms with Crippen LogP contribution in [0.3, 0.4) is 0 Å². The average molecular weight is 264 g/mol. The Kier molecular flexibility index (Phi) is 7.91. The van der Waals surface area contributed by atoms with Gasteiger partial charge in [0.1, 0.15) is 0 Å². The lowest BCUT2D eigenvalue weighted by Crippen LogP contribution is -2.07. The van der Waals surface area contributed by atoms with Crippen LogP contribution in [0.15, 0.2) is 24.3 Å². The molecule has 106 valence electrons. The summed E-state index contributed by atoms with van der Waals surface area (Å²) in [6.07, 6.45) is 6.71. The number of rotatable bonds is 9. The van der Waals surface area contributed by atoms with E-state index in [1.165, 1.54) is 24.8 Å². The third-order valence-electron chi connectivity index (χ3n) is 3.06. The van der Waals surface area contributed by atoms with Crippen molar-refractivity contribution in [3.05, 3.63) is 35.4 Å². The molecule has 0 fully saturated rings. The number of unbranched alkanes of at least 4 members (excludes halogenated alkanes) is 4. The van der Waals surface area contributed by atoms with Crippen LogP contribution in [-0.2, 0) is 16.2 Å². The van der Waals surface area contributed by atoms with E-state index in [4.69, 9.17) is 9.78 Å². The van der Waals surface area contributed by atoms with Crippen molar-refractivity contribution in [1.82, 2.24) is 0 Å². The zero-order valence-corrected chi connectivity index (χ0v) is 12.0. The van der Waals surface area contributed by atoms with Crippen LogP contribution in [-0.4, -0.2) is 12.6 Å². The van der Waals surface area contributed by atoms with E-state index >= 15 is 0 Å². The van der Waals surface area contributed by atoms with Crippen LogP contribution in [0.4, 0.5) is 0 Å². The molecule has 0 aliphatic carbocycles. The summed E-state index contributed by atoms with van der Waals surface area (Å²) < 4.78 is 0. The Bertz CT molecular complexity index is 357. The first kappa shape index (κ1) is 15.7. The number of hydrogen-bond donors (Lipinski definition) is 0. The summed E-state index contributed by atoms with van der Waals surface area (Å²) in [5, 5.41) is 0. The molecule has 0 unspecified atom stereocenters. The minimum absolute atomic E-state index is 0.420. The first-order valence-electron chi connectivity index (χ1n) is 7.20. The average Bonchev–Trinajstić information content (AvgIpc) is 2.46. The summed E-state index contributed by atoms with van der Waals surface area (Å²) in [4.78, 5) is 21.3. The fourth-order valence-electron chi connectivity index (χ4n) is 1.78. The molecule has 3 nitrogen and oxygen atoms in total. The van der Waals surface area contributed by atoms with Crippen molar-refractivity contribution in [2.75, 3.05) is 6.61 Å². The van der Waals surface area contributed by atoms with Gasteiger partial charge in [-0.05, 0) is 30.5 Å². The molecule has 0 radical (unpaired) electrons. The largest absolute Gasteiger partial charge is 0.373 e. The van der Waals surface area contributed by atoms with Crippen LogP contribution in [0.1, 0.15) is 61.9 Å². The van der Waals surface area contributed by atoms with Gasteiger partial charge in [-0.15, -0.1) is 0 Å². The van der Waals surface area contributed by atoms with E-state index in [9.17, 15) is 4.79 Å². The van der Waals surface area contributed by atoms with Crippen LogP contribution < -0.4 is 0 Å². The molecular formula is C16H24O3. The molecule has 0 amide bonds. The molecule has 0 heterocycles. The first-order valence-corrected chi connectivity index (χ1v) is 7.20. The van der Waals surface area contributed by atoms with Gasteiger partial charge in [-0.3, -0.25) is 4.89 Å². The Morgan fingerprint density at radius 1 is 1.00 bits per heavy atom. The molecular weight excluding hydrogens is 240 g/mol. The lowest BCUT2D eigenvalue weighted by molar-refractivity contribution is -0.241. The standard InChI is InChI=1S/C16H24O3/c1-3-5-6-7-8-13-18-19-16(17)15-11-9-14(4-2)10-12-15/h9-12H,3-8,13H2,1-2H3. The summed E-state index contributed by atoms with van der Waals surface area (Å²) in [5.74, 6) is -0.420. The molecule has 0 N–H and O–H groups in total. The molecule has 3 heteroatoms. The number of aryl methyl sites for hydroxylation is 1. The van der Waals surface area contributed by atoms with Gasteiger partial charge in [0, 0.05) is 0 Å². The van der Waals surface area contributed by atoms with Crippen molar-refractivity contribution >= 4 is 5.97 Å². The number of carbonyl (C=O) groups excluding carboxylic acids is 1. The summed E-state index contributed by atoms with van der Waals surface area (Å²) in [5.41, 5.74) is 1.73. The molecule has 1 rings (SSSR count). The molecule has 0 bridgehead atoms. The Morgan fingerprint density at radius 2 is 1.68 bits per heavy atom. The van der Waals surface area contributed by atoms with Crippen LogP contribution in [0, 0.1) is 0 Å². The normalized spacial score (nSPS) is 10.4. The maximum Gasteiger partial charge on any atom is 0.373 e. The fraction of sp³-hybridized carbons (Fsp3) is 0.562. The van der Waals surface area contributed by atoms with Gasteiger partial charge < -0.3 is 0 Å². The first-order chi connectivity index (χ1) is 9.27. The molecule has 0 aliphatic heterocycles. The van der Waals surface area contributed by atoms with Crippen LogP contribution in [0.2, 0.25) is 0 Å². The molecule has 0 spiro atoms. The van der Waals surface area contributed by atoms with Crippen molar-refractivity contribution in [1.29, 1.82) is 0 Å². The molecule has 0 saturated heterocycles. The van der Waals surface area contributed by atoms with Crippen LogP contribution in [0.5, 0.6) is 0 Å². The number of carbonyl (C=O) groups is 1. The van der Waals surface area contributed by atoms with Crippen LogP contribution in [0.25, 0.3) is 0 Å². The van der Waals surface area contributed by atoms with E-state index in [0.29, 0.717) is 12.2 Å². The highest BCUT2D eigenvalue weighted by Crippen LogP contribution is 2.07. The van der Waals surface area contributed by atoms with Gasteiger partial charge in [0.2, 0.25) is 0 Å². The van der Waals surface area contributed by atoms with Crippen molar-refractivity contribution < 1.29 is 14.6 Å². The van der Waals surface area contributed by atoms with Gasteiger partial charge >= 0.3 is 5.97 Å². The lowest BCUT2D eigenvalue weighted by Gasteiger charge is -2.04. The predicted octanol–water partition coefficient (Wildman–Crippen LogP) is 4.31. The highest BCUT2D eigenvalue weighted by atomic mass is 17.2. The van der Waals surface area contributed by atoms with E-state index < -0.39 is 5.97 Å². The Balaban J connectivity index is 2.16. The maximum atomic E-state index is 11.6. The van der Waals surface area contributed by atoms with Crippen molar-refractivity contribution in [2.24, 2.45) is 0 Å². The Morgan fingerprint density at radius 3 is 2.32 bits per heavy atom. The Labute approximate surface area is 115 Å². The highest BCUT2D eigenvalue weighted by Gasteiger charge is 2.07. The SMILES string of the molecule is CCCCCCCOOC(=O)c1ccc(CC)cc1. The van der Waals surface area contributed by atoms with E-state index in [2.05, 4.69) is 13.8 Å². The summed E-state index contributed by atoms with van der Waals surface area (Å²) in [7, 11) is 0. The highest BCUT2D eigenvalue weighted by molar-refractivity contribution is 5.88. The zero-order chi connectivity index (χ0) is 13.9. The smallest absolute Gasteiger partial charge is 0.293 e. The molecule has 0 aromatic heterocycles. The van der Waals surface area contributed by atoms with E-state index in [1.807, 2.05) is 12.1 Å². The van der Waals surface area contributed by atoms with E-state index in [-0.39, 0.29) is 0 Å². The van der Waals surface area contributed by atoms with Gasteiger partial charge in [0.15, 0.2) is 0 Å². The third kappa shape index (κ3) is 6.39. The van der Waals surface area contributed by atoms with E-state index in [1.54, 1.807) is 12.1 Å². The van der Waals surface area contributed by atoms with Gasteiger partial charge in [0.05, 0.1) is 12.2 Å².